The van der Waals surface area contributed by atoms with Gasteiger partial charge < -0.3 is 0 Å². The van der Waals surface area contributed by atoms with Crippen molar-refractivity contribution >= 4 is 29.1 Å². The first-order valence-corrected chi connectivity index (χ1v) is 17.6. The summed E-state index contributed by atoms with van der Waals surface area (Å²) in [6.45, 7) is 5.09. The minimum absolute atomic E-state index is 0.546. The standard InChI is InChI=1S/C10H17.3C6H5.Sn/c1-7-4-5-8-6-9(7)10(8,2)3;3*1-2-4-6-5-3-1;/h7-9H,1,4-6H2,2-3H3;3*1-5H;/t7-,8+,9+;;;;/m1..../s1. The molecule has 0 aliphatic heterocycles. The molecular weight excluding hydrogens is 455 g/mol. The van der Waals surface area contributed by atoms with Gasteiger partial charge in [-0.3, -0.25) is 0 Å². The summed E-state index contributed by atoms with van der Waals surface area (Å²) in [7, 11) is 0. The maximum absolute atomic E-state index is 3.12. The van der Waals surface area contributed by atoms with Crippen LogP contribution in [0.2, 0.25) is 4.44 Å². The normalized spacial score (nSPS) is 25.2. The molecule has 0 N–H and O–H groups in total. The van der Waals surface area contributed by atoms with Crippen LogP contribution in [0.4, 0.5) is 0 Å². The van der Waals surface area contributed by atoms with Crippen molar-refractivity contribution in [3.8, 4) is 0 Å². The first-order valence-electron chi connectivity index (χ1n) is 11.3. The summed E-state index contributed by atoms with van der Waals surface area (Å²) in [6, 6.07) is 34.7. The van der Waals surface area contributed by atoms with Gasteiger partial charge in [-0.05, 0) is 0 Å². The molecule has 0 spiro atoms. The fraction of sp³-hybridized carbons (Fsp3) is 0.357. The van der Waals surface area contributed by atoms with E-state index in [4.69, 9.17) is 0 Å². The van der Waals surface area contributed by atoms with Crippen LogP contribution < -0.4 is 10.7 Å². The fourth-order valence-corrected chi connectivity index (χ4v) is 21.7. The first-order chi connectivity index (χ1) is 14.1. The maximum atomic E-state index is 2.54. The van der Waals surface area contributed by atoms with Gasteiger partial charge in [0.15, 0.2) is 0 Å². The second-order valence-electron chi connectivity index (χ2n) is 9.91. The van der Waals surface area contributed by atoms with Crippen LogP contribution in [-0.4, -0.2) is 18.4 Å². The molecule has 3 aliphatic carbocycles. The van der Waals surface area contributed by atoms with Crippen molar-refractivity contribution in [2.45, 2.75) is 37.5 Å². The summed E-state index contributed by atoms with van der Waals surface area (Å²) in [4.78, 5) is 0. The predicted molar refractivity (Wildman–Crippen MR) is 127 cm³/mol. The summed E-state index contributed by atoms with van der Waals surface area (Å²) >= 11 is -3.12. The Balaban J connectivity index is 1.68. The molecular formula is C28H32Sn. The van der Waals surface area contributed by atoms with Gasteiger partial charge in [0.1, 0.15) is 0 Å². The van der Waals surface area contributed by atoms with Crippen LogP contribution >= 0.6 is 0 Å². The van der Waals surface area contributed by atoms with Crippen molar-refractivity contribution in [3.05, 3.63) is 91.0 Å². The van der Waals surface area contributed by atoms with Crippen LogP contribution in [0.15, 0.2) is 91.0 Å². The molecule has 0 radical (unpaired) electrons. The van der Waals surface area contributed by atoms with Gasteiger partial charge in [0.2, 0.25) is 0 Å². The molecule has 3 aliphatic rings. The summed E-state index contributed by atoms with van der Waals surface area (Å²) in [5, 5.41) is 0. The quantitative estimate of drug-likeness (QED) is 0.433. The Labute approximate surface area is 180 Å². The summed E-state index contributed by atoms with van der Waals surface area (Å²) in [5.41, 5.74) is 0.546. The molecule has 0 heterocycles. The Morgan fingerprint density at radius 3 is 1.52 bits per heavy atom. The third-order valence-electron chi connectivity index (χ3n) is 8.37. The Hall–Kier alpha value is -1.54. The second kappa shape index (κ2) is 7.61. The fourth-order valence-electron chi connectivity index (χ4n) is 6.62. The number of fused-ring (bicyclic) bond motifs is 2. The molecule has 2 bridgehead atoms. The third-order valence-corrected chi connectivity index (χ3v) is 22.9. The molecule has 3 fully saturated rings. The Kier molecular flexibility index (Phi) is 5.10. The molecule has 3 aromatic rings. The molecule has 0 aromatic heterocycles. The average Bonchev–Trinajstić information content (AvgIpc) is 2.79. The number of rotatable bonds is 5. The van der Waals surface area contributed by atoms with E-state index in [1.54, 1.807) is 10.7 Å². The first kappa shape index (κ1) is 19.4. The van der Waals surface area contributed by atoms with E-state index in [0.29, 0.717) is 5.41 Å². The summed E-state index contributed by atoms with van der Waals surface area (Å²) in [6.07, 6.45) is 4.34. The van der Waals surface area contributed by atoms with Crippen molar-refractivity contribution in [1.82, 2.24) is 0 Å². The predicted octanol–water partition coefficient (Wildman–Crippen LogP) is 5.23. The number of benzene rings is 3. The Bertz CT molecular complexity index is 847. The minimum atomic E-state index is -3.12. The molecule has 0 nitrogen and oxygen atoms in total. The van der Waals surface area contributed by atoms with Crippen LogP contribution in [0.25, 0.3) is 0 Å². The third kappa shape index (κ3) is 3.19. The van der Waals surface area contributed by atoms with Crippen molar-refractivity contribution < 1.29 is 0 Å². The average molecular weight is 487 g/mol. The molecule has 29 heavy (non-hydrogen) atoms. The Morgan fingerprint density at radius 1 is 0.690 bits per heavy atom. The number of hydrogen-bond acceptors (Lipinski definition) is 0. The van der Waals surface area contributed by atoms with Crippen LogP contribution in [0.3, 0.4) is 0 Å². The molecule has 0 unspecified atom stereocenters. The second-order valence-corrected chi connectivity index (χ2v) is 21.2. The van der Waals surface area contributed by atoms with Gasteiger partial charge in [0.25, 0.3) is 0 Å². The van der Waals surface area contributed by atoms with E-state index in [9.17, 15) is 0 Å². The van der Waals surface area contributed by atoms with E-state index >= 15 is 0 Å². The van der Waals surface area contributed by atoms with Crippen LogP contribution in [0.1, 0.15) is 33.1 Å². The zero-order chi connectivity index (χ0) is 19.9. The van der Waals surface area contributed by atoms with E-state index < -0.39 is 18.4 Å². The van der Waals surface area contributed by atoms with Gasteiger partial charge in [0, 0.05) is 0 Å². The van der Waals surface area contributed by atoms with Crippen LogP contribution in [-0.2, 0) is 0 Å². The van der Waals surface area contributed by atoms with E-state index in [0.717, 1.165) is 17.8 Å². The van der Waals surface area contributed by atoms with Gasteiger partial charge in [-0.15, -0.1) is 0 Å². The molecule has 1 heteroatoms. The molecule has 6 rings (SSSR count). The molecule has 0 amide bonds. The van der Waals surface area contributed by atoms with Crippen molar-refractivity contribution in [1.29, 1.82) is 0 Å². The van der Waals surface area contributed by atoms with Gasteiger partial charge in [0.05, 0.1) is 0 Å². The van der Waals surface area contributed by atoms with Gasteiger partial charge in [-0.25, -0.2) is 0 Å². The Morgan fingerprint density at radius 2 is 1.14 bits per heavy atom. The van der Waals surface area contributed by atoms with E-state index in [2.05, 4.69) is 105 Å². The molecule has 0 saturated heterocycles. The van der Waals surface area contributed by atoms with Gasteiger partial charge in [-0.1, -0.05) is 0 Å². The topological polar surface area (TPSA) is 0 Å². The van der Waals surface area contributed by atoms with E-state index in [-0.39, 0.29) is 0 Å². The van der Waals surface area contributed by atoms with Crippen LogP contribution in [0, 0.1) is 23.2 Å². The zero-order valence-electron chi connectivity index (χ0n) is 17.7. The molecule has 3 saturated carbocycles. The summed E-state index contributed by atoms with van der Waals surface area (Å²) < 4.78 is 6.32. The molecule has 3 atom stereocenters. The van der Waals surface area contributed by atoms with Crippen molar-refractivity contribution in [2.75, 3.05) is 0 Å². The van der Waals surface area contributed by atoms with Crippen molar-refractivity contribution in [3.63, 3.8) is 0 Å². The summed E-state index contributed by atoms with van der Waals surface area (Å²) in [5.74, 6) is 2.75. The number of hydrogen-bond donors (Lipinski definition) is 0. The van der Waals surface area contributed by atoms with Crippen molar-refractivity contribution in [2.24, 2.45) is 23.2 Å². The van der Waals surface area contributed by atoms with E-state index in [1.807, 2.05) is 0 Å². The van der Waals surface area contributed by atoms with Gasteiger partial charge >= 0.3 is 181 Å². The molecule has 3 aromatic carbocycles. The van der Waals surface area contributed by atoms with Crippen LogP contribution in [0.5, 0.6) is 0 Å². The zero-order valence-corrected chi connectivity index (χ0v) is 20.6. The van der Waals surface area contributed by atoms with E-state index in [1.165, 1.54) is 23.7 Å². The monoisotopic (exact) mass is 488 g/mol. The van der Waals surface area contributed by atoms with Gasteiger partial charge in [-0.2, -0.15) is 0 Å². The SMILES string of the molecule is CC1(C)[C@H]2CC[C@@H]([CH2][Sn]([c]3ccccc3)([c]3ccccc3)[c]3ccccc3)[C@@H]1C2. The molecule has 148 valence electrons.